The van der Waals surface area contributed by atoms with E-state index in [2.05, 4.69) is 45.5 Å². The van der Waals surface area contributed by atoms with Crippen LogP contribution in [0.1, 0.15) is 0 Å². The van der Waals surface area contributed by atoms with Crippen LogP contribution in [0.4, 0.5) is 0 Å². The van der Waals surface area contributed by atoms with E-state index in [9.17, 15) is 0 Å². The van der Waals surface area contributed by atoms with Crippen LogP contribution in [0.3, 0.4) is 0 Å². The van der Waals surface area contributed by atoms with Crippen molar-refractivity contribution in [1.29, 1.82) is 0 Å². The van der Waals surface area contributed by atoms with Gasteiger partial charge in [-0.15, -0.1) is 0 Å². The van der Waals surface area contributed by atoms with E-state index < -0.39 is 0 Å². The van der Waals surface area contributed by atoms with Crippen LogP contribution in [0, 0.1) is 0 Å². The van der Waals surface area contributed by atoms with E-state index in [-0.39, 0.29) is 0 Å². The predicted octanol–water partition coefficient (Wildman–Crippen LogP) is 4.78. The van der Waals surface area contributed by atoms with E-state index in [1.807, 2.05) is 94.5 Å². The van der Waals surface area contributed by atoms with Gasteiger partial charge in [0.05, 0.1) is 22.8 Å². The van der Waals surface area contributed by atoms with Gasteiger partial charge >= 0.3 is 11.3 Å². The van der Waals surface area contributed by atoms with Gasteiger partial charge in [-0.05, 0) is 12.1 Å². The summed E-state index contributed by atoms with van der Waals surface area (Å²) in [5.41, 5.74) is 5.94. The molecule has 0 amide bonds. The lowest BCUT2D eigenvalue weighted by atomic mass is 10.2. The average Bonchev–Trinajstić information content (AvgIpc) is 3.42. The predicted molar refractivity (Wildman–Crippen MR) is 122 cm³/mol. The number of hydrogen-bond donors (Lipinski definition) is 0. The van der Waals surface area contributed by atoms with E-state index in [0.29, 0.717) is 0 Å². The molecule has 0 spiro atoms. The topological polar surface area (TPSA) is 42.8 Å². The average molecular weight is 416 g/mol. The zero-order valence-electron chi connectivity index (χ0n) is 17.2. The molecule has 0 N–H and O–H groups in total. The lowest BCUT2D eigenvalue weighted by Crippen LogP contribution is -2.17. The molecule has 32 heavy (non-hydrogen) atoms. The van der Waals surface area contributed by atoms with Gasteiger partial charge in [0.15, 0.2) is 0 Å². The first-order chi connectivity index (χ1) is 15.9. The highest BCUT2D eigenvalue weighted by Crippen LogP contribution is 2.23. The smallest absolute Gasteiger partial charge is 0.200 e. The molecular weight excluding hydrogens is 396 g/mol. The van der Waals surface area contributed by atoms with Crippen molar-refractivity contribution in [1.82, 2.24) is 9.35 Å². The van der Waals surface area contributed by atoms with Crippen molar-refractivity contribution in [2.75, 3.05) is 0 Å². The lowest BCUT2D eigenvalue weighted by molar-refractivity contribution is -0.510. The van der Waals surface area contributed by atoms with Gasteiger partial charge in [0, 0.05) is 23.3 Å². The van der Waals surface area contributed by atoms with Crippen LogP contribution in [0.2, 0.25) is 0 Å². The summed E-state index contributed by atoms with van der Waals surface area (Å²) in [7, 11) is 0. The molecule has 4 heterocycles. The van der Waals surface area contributed by atoms with Gasteiger partial charge < -0.3 is 0 Å². The number of aromatic nitrogens is 4. The minimum atomic E-state index is 0.931. The highest BCUT2D eigenvalue weighted by Gasteiger charge is 2.22. The van der Waals surface area contributed by atoms with Crippen LogP contribution < -0.4 is 8.80 Å². The Morgan fingerprint density at radius 1 is 0.469 bits per heavy atom. The van der Waals surface area contributed by atoms with Crippen LogP contribution in [0.25, 0.3) is 33.8 Å². The molecule has 0 radical (unpaired) electrons. The second-order valence-electron chi connectivity index (χ2n) is 7.50. The number of rotatable bonds is 4. The van der Waals surface area contributed by atoms with Gasteiger partial charge in [-0.1, -0.05) is 82.1 Å². The Kier molecular flexibility index (Phi) is 4.32. The highest BCUT2D eigenvalue weighted by molar-refractivity contribution is 5.62. The van der Waals surface area contributed by atoms with Crippen molar-refractivity contribution in [2.45, 2.75) is 0 Å². The Balaban J connectivity index is 1.57. The van der Waals surface area contributed by atoms with Gasteiger partial charge in [0.2, 0.25) is 11.4 Å². The molecule has 0 unspecified atom stereocenters. The Hall–Kier alpha value is -4.58. The van der Waals surface area contributed by atoms with E-state index in [1.54, 1.807) is 0 Å². The monoisotopic (exact) mass is 416 g/mol. The summed E-state index contributed by atoms with van der Waals surface area (Å²) in [6.07, 6.45) is 8.18. The molecule has 0 bridgehead atoms. The number of fused-ring (bicyclic) bond motifs is 2. The zero-order chi connectivity index (χ0) is 21.3. The third-order valence-corrected chi connectivity index (χ3v) is 5.51. The van der Waals surface area contributed by atoms with Gasteiger partial charge in [-0.3, -0.25) is 0 Å². The maximum atomic E-state index is 4.72. The number of benzene rings is 2. The molecule has 6 rings (SSSR count). The lowest BCUT2D eigenvalue weighted by Gasteiger charge is -1.96. The molecule has 0 saturated heterocycles. The van der Waals surface area contributed by atoms with Crippen LogP contribution in [-0.2, 0) is 0 Å². The number of hydrogen-bond acceptors (Lipinski definition) is 2. The third kappa shape index (κ3) is 3.06. The van der Waals surface area contributed by atoms with Crippen molar-refractivity contribution >= 4 is 11.3 Å². The second kappa shape index (κ2) is 7.59. The maximum absolute atomic E-state index is 4.72. The van der Waals surface area contributed by atoms with Crippen LogP contribution in [0.5, 0.6) is 0 Å². The Bertz CT molecular complexity index is 1440. The molecule has 152 valence electrons. The van der Waals surface area contributed by atoms with Gasteiger partial charge in [-0.2, -0.15) is 0 Å². The molecule has 0 atom stereocenters. The minimum Gasteiger partial charge on any atom is -0.200 e. The quantitative estimate of drug-likeness (QED) is 0.293. The summed E-state index contributed by atoms with van der Waals surface area (Å²) in [6, 6.07) is 32.6. The van der Waals surface area contributed by atoms with Crippen molar-refractivity contribution in [3.05, 3.63) is 122 Å². The van der Waals surface area contributed by atoms with Crippen LogP contribution >= 0.6 is 0 Å². The van der Waals surface area contributed by atoms with Crippen LogP contribution in [0.15, 0.2) is 132 Å². The molecule has 0 saturated carbocycles. The van der Waals surface area contributed by atoms with Gasteiger partial charge in [-0.25, -0.2) is 8.80 Å². The Morgan fingerprint density at radius 3 is 1.31 bits per heavy atom. The maximum Gasteiger partial charge on any atom is 0.314 e. The highest BCUT2D eigenvalue weighted by atomic mass is 15.6. The van der Waals surface area contributed by atoms with Crippen molar-refractivity contribution < 1.29 is 8.80 Å². The second-order valence-corrected chi connectivity index (χ2v) is 7.50. The fourth-order valence-corrected chi connectivity index (χ4v) is 3.97. The summed E-state index contributed by atoms with van der Waals surface area (Å²) in [5.74, 6) is 0. The molecule has 0 aliphatic carbocycles. The third-order valence-electron chi connectivity index (χ3n) is 5.51. The normalized spacial score (nSPS) is 11.6. The summed E-state index contributed by atoms with van der Waals surface area (Å²) in [5, 5.41) is 9.44. The van der Waals surface area contributed by atoms with Crippen molar-refractivity contribution in [2.24, 2.45) is 10.4 Å². The Labute approximate surface area is 184 Å². The minimum absolute atomic E-state index is 0.931. The molecular formula is C26H20N6+2. The number of imidazole rings is 2. The van der Waals surface area contributed by atoms with Crippen molar-refractivity contribution in [3.8, 4) is 22.5 Å². The SMILES string of the molecule is c1ccc(-c2c[n+]3ccccc3n2N=Nn2c(-c3ccccc3)c[n+]3ccccc23)cc1. The largest absolute Gasteiger partial charge is 0.314 e. The number of pyridine rings is 2. The fraction of sp³-hybridized carbons (Fsp3) is 0. The van der Waals surface area contributed by atoms with E-state index in [1.165, 1.54) is 0 Å². The molecule has 6 heteroatoms. The Morgan fingerprint density at radius 2 is 0.875 bits per heavy atom. The van der Waals surface area contributed by atoms with E-state index in [4.69, 9.17) is 10.4 Å². The van der Waals surface area contributed by atoms with E-state index in [0.717, 1.165) is 33.8 Å². The van der Waals surface area contributed by atoms with Crippen molar-refractivity contribution in [3.63, 3.8) is 0 Å². The summed E-state index contributed by atoms with van der Waals surface area (Å²) in [4.78, 5) is 0. The molecule has 6 aromatic rings. The van der Waals surface area contributed by atoms with E-state index >= 15 is 0 Å². The fourth-order valence-electron chi connectivity index (χ4n) is 3.97. The first-order valence-electron chi connectivity index (χ1n) is 10.5. The molecule has 2 aromatic carbocycles. The molecule has 4 aromatic heterocycles. The van der Waals surface area contributed by atoms with Gasteiger partial charge in [0.25, 0.3) is 0 Å². The molecule has 0 aliphatic rings. The summed E-state index contributed by atoms with van der Waals surface area (Å²) >= 11 is 0. The molecule has 0 aliphatic heterocycles. The number of nitrogens with zero attached hydrogens (tertiary/aromatic N) is 6. The molecule has 6 nitrogen and oxygen atoms in total. The van der Waals surface area contributed by atoms with Gasteiger partial charge in [0.1, 0.15) is 12.4 Å². The molecule has 0 fully saturated rings. The van der Waals surface area contributed by atoms with Crippen LogP contribution in [-0.4, -0.2) is 9.35 Å². The first kappa shape index (κ1) is 18.2. The first-order valence-corrected chi connectivity index (χ1v) is 10.5. The summed E-state index contributed by atoms with van der Waals surface area (Å²) in [6.45, 7) is 0. The zero-order valence-corrected chi connectivity index (χ0v) is 17.2. The summed E-state index contributed by atoms with van der Waals surface area (Å²) < 4.78 is 7.87. The standard InChI is InChI=1S/C26H20N6/c1-3-11-21(12-4-1)23-19-29-17-9-7-15-25(29)31(23)27-28-32-24(22-13-5-2-6-14-22)20-30-18-10-8-16-26(30)32/h1-20H/q+2.